The first kappa shape index (κ1) is 14.5. The molecule has 1 aliphatic heterocycles. The smallest absolute Gasteiger partial charge is 0.160 e. The fraction of sp³-hybridized carbons (Fsp3) is 0.353. The molecule has 2 aromatic heterocycles. The van der Waals surface area contributed by atoms with Crippen molar-refractivity contribution in [3.05, 3.63) is 41.2 Å². The number of rotatable bonds is 1. The average molecular weight is 295 g/mol. The van der Waals surface area contributed by atoms with E-state index in [1.165, 1.54) is 0 Å². The molecule has 5 nitrogen and oxygen atoms in total. The van der Waals surface area contributed by atoms with Crippen LogP contribution < -0.4 is 4.90 Å². The molecule has 0 saturated heterocycles. The van der Waals surface area contributed by atoms with Crippen molar-refractivity contribution in [1.29, 1.82) is 0 Å². The Bertz CT molecular complexity index is 749. The molecule has 3 heterocycles. The fourth-order valence-corrected chi connectivity index (χ4v) is 2.83. The van der Waals surface area contributed by atoms with Crippen molar-refractivity contribution in [2.75, 3.05) is 25.5 Å². The molecule has 0 fully saturated rings. The number of aryl methyl sites for hydroxylation is 2. The number of hydrogen-bond acceptors (Lipinski definition) is 5. The summed E-state index contributed by atoms with van der Waals surface area (Å²) in [5.74, 6) is 2.71. The highest BCUT2D eigenvalue weighted by molar-refractivity contribution is 6.06. The Kier molecular flexibility index (Phi) is 3.56. The van der Waals surface area contributed by atoms with Crippen molar-refractivity contribution in [2.45, 2.75) is 20.8 Å². The van der Waals surface area contributed by atoms with Crippen molar-refractivity contribution >= 4 is 23.2 Å². The predicted molar refractivity (Wildman–Crippen MR) is 90.5 cm³/mol. The van der Waals surface area contributed by atoms with Crippen molar-refractivity contribution < 1.29 is 0 Å². The van der Waals surface area contributed by atoms with Gasteiger partial charge in [0.15, 0.2) is 5.82 Å². The Morgan fingerprint density at radius 3 is 2.64 bits per heavy atom. The van der Waals surface area contributed by atoms with Gasteiger partial charge in [-0.15, -0.1) is 0 Å². The summed E-state index contributed by atoms with van der Waals surface area (Å²) >= 11 is 0. The molecular formula is C17H21N5. The summed E-state index contributed by atoms with van der Waals surface area (Å²) < 4.78 is 0. The molecule has 0 amide bonds. The number of amidine groups is 1. The summed E-state index contributed by atoms with van der Waals surface area (Å²) in [6.45, 7) is 7.01. The minimum absolute atomic E-state index is 0.795. The number of nitrogens with zero attached hydrogens (tertiary/aromatic N) is 5. The summed E-state index contributed by atoms with van der Waals surface area (Å²) in [6, 6.07) is 6.10. The molecule has 1 aliphatic rings. The van der Waals surface area contributed by atoms with E-state index < -0.39 is 0 Å². The van der Waals surface area contributed by atoms with Crippen LogP contribution in [-0.2, 0) is 0 Å². The minimum atomic E-state index is 0.795. The van der Waals surface area contributed by atoms with Crippen LogP contribution in [0, 0.1) is 13.8 Å². The number of hydrogen-bond donors (Lipinski definition) is 0. The summed E-state index contributed by atoms with van der Waals surface area (Å²) in [5.41, 5.74) is 4.09. The monoisotopic (exact) mass is 295 g/mol. The lowest BCUT2D eigenvalue weighted by Crippen LogP contribution is -2.25. The van der Waals surface area contributed by atoms with Gasteiger partial charge in [0.25, 0.3) is 0 Å². The molecule has 0 unspecified atom stereocenters. The van der Waals surface area contributed by atoms with E-state index in [0.29, 0.717) is 0 Å². The lowest BCUT2D eigenvalue weighted by atomic mass is 10.2. The lowest BCUT2D eigenvalue weighted by molar-refractivity contribution is 0.624. The molecule has 114 valence electrons. The van der Waals surface area contributed by atoms with Gasteiger partial charge in [-0.1, -0.05) is 0 Å². The third kappa shape index (κ3) is 2.22. The predicted octanol–water partition coefficient (Wildman–Crippen LogP) is 3.20. The number of aliphatic imine (C=N–C) groups is 1. The molecule has 5 heteroatoms. The number of pyridine rings is 2. The Morgan fingerprint density at radius 2 is 1.95 bits per heavy atom. The summed E-state index contributed by atoms with van der Waals surface area (Å²) in [4.78, 5) is 18.4. The largest absolute Gasteiger partial charge is 0.362 e. The van der Waals surface area contributed by atoms with Crippen LogP contribution in [0.15, 0.2) is 29.4 Å². The second-order valence-corrected chi connectivity index (χ2v) is 5.70. The van der Waals surface area contributed by atoms with Gasteiger partial charge in [0.1, 0.15) is 17.3 Å². The highest BCUT2D eigenvalue weighted by Crippen LogP contribution is 2.39. The molecule has 0 bridgehead atoms. The highest BCUT2D eigenvalue weighted by atomic mass is 15.3. The van der Waals surface area contributed by atoms with Gasteiger partial charge in [0.05, 0.1) is 5.56 Å². The van der Waals surface area contributed by atoms with Crippen molar-refractivity contribution in [3.63, 3.8) is 0 Å². The molecule has 0 atom stereocenters. The van der Waals surface area contributed by atoms with Gasteiger partial charge in [0, 0.05) is 32.5 Å². The third-order valence-electron chi connectivity index (χ3n) is 3.79. The van der Waals surface area contributed by atoms with Gasteiger partial charge in [-0.05, 0) is 44.5 Å². The molecule has 0 aliphatic carbocycles. The fourth-order valence-electron chi connectivity index (χ4n) is 2.83. The van der Waals surface area contributed by atoms with Gasteiger partial charge in [0.2, 0.25) is 0 Å². The maximum atomic E-state index is 4.92. The third-order valence-corrected chi connectivity index (χ3v) is 3.79. The number of anilines is 2. The molecule has 22 heavy (non-hydrogen) atoms. The molecule has 0 aromatic carbocycles. The maximum Gasteiger partial charge on any atom is 0.160 e. The van der Waals surface area contributed by atoms with Crippen LogP contribution in [-0.4, -0.2) is 41.3 Å². The average Bonchev–Trinajstić information content (AvgIpc) is 2.61. The highest BCUT2D eigenvalue weighted by Gasteiger charge is 2.26. The molecule has 0 N–H and O–H groups in total. The van der Waals surface area contributed by atoms with Crippen LogP contribution in [0.2, 0.25) is 0 Å². The van der Waals surface area contributed by atoms with Gasteiger partial charge in [-0.2, -0.15) is 0 Å². The number of aromatic nitrogens is 2. The zero-order valence-electron chi connectivity index (χ0n) is 13.8. The van der Waals surface area contributed by atoms with E-state index in [1.54, 1.807) is 0 Å². The molecule has 0 spiro atoms. The van der Waals surface area contributed by atoms with Gasteiger partial charge in [-0.3, -0.25) is 0 Å². The zero-order valence-corrected chi connectivity index (χ0v) is 13.8. The van der Waals surface area contributed by atoms with E-state index in [9.17, 15) is 0 Å². The Hall–Kier alpha value is -2.43. The van der Waals surface area contributed by atoms with Crippen molar-refractivity contribution in [2.24, 2.45) is 4.99 Å². The molecule has 3 rings (SSSR count). The first-order valence-electron chi connectivity index (χ1n) is 7.50. The standard InChI is InChI=1S/C17H21N5/c1-6-22-15-13(8-7-9-18-15)16(21(4)5)20-14-11(2)10-12(3)19-17(14)22/h7-10H,6H2,1-5H3. The van der Waals surface area contributed by atoms with E-state index in [2.05, 4.69) is 35.9 Å². The zero-order chi connectivity index (χ0) is 15.9. The molecule has 0 saturated carbocycles. The van der Waals surface area contributed by atoms with Crippen LogP contribution >= 0.6 is 0 Å². The van der Waals surface area contributed by atoms with Gasteiger partial charge < -0.3 is 9.80 Å². The first-order valence-corrected chi connectivity index (χ1v) is 7.50. The second-order valence-electron chi connectivity index (χ2n) is 5.70. The minimum Gasteiger partial charge on any atom is -0.362 e. The van der Waals surface area contributed by atoms with E-state index >= 15 is 0 Å². The van der Waals surface area contributed by atoms with Crippen molar-refractivity contribution in [1.82, 2.24) is 14.9 Å². The van der Waals surface area contributed by atoms with Crippen LogP contribution in [0.3, 0.4) is 0 Å². The Labute approximate surface area is 131 Å². The summed E-state index contributed by atoms with van der Waals surface area (Å²) in [5, 5.41) is 0. The van der Waals surface area contributed by atoms with E-state index in [0.717, 1.165) is 46.5 Å². The molecule has 0 radical (unpaired) electrons. The van der Waals surface area contributed by atoms with Gasteiger partial charge >= 0.3 is 0 Å². The normalized spacial score (nSPS) is 13.1. The van der Waals surface area contributed by atoms with Crippen molar-refractivity contribution in [3.8, 4) is 0 Å². The number of fused-ring (bicyclic) bond motifs is 2. The quantitative estimate of drug-likeness (QED) is 0.810. The van der Waals surface area contributed by atoms with Crippen LogP contribution in [0.4, 0.5) is 17.3 Å². The molecular weight excluding hydrogens is 274 g/mol. The van der Waals surface area contributed by atoms with E-state index in [-0.39, 0.29) is 0 Å². The maximum absolute atomic E-state index is 4.92. The lowest BCUT2D eigenvalue weighted by Gasteiger charge is -2.23. The topological polar surface area (TPSA) is 44.6 Å². The van der Waals surface area contributed by atoms with Gasteiger partial charge in [-0.25, -0.2) is 15.0 Å². The Morgan fingerprint density at radius 1 is 1.18 bits per heavy atom. The van der Waals surface area contributed by atoms with Crippen LogP contribution in [0.25, 0.3) is 0 Å². The second kappa shape index (κ2) is 5.40. The summed E-state index contributed by atoms with van der Waals surface area (Å²) in [6.07, 6.45) is 1.82. The SMILES string of the molecule is CCN1c2ncccc2C(N(C)C)=Nc2c(C)cc(C)nc21. The van der Waals surface area contributed by atoms with E-state index in [1.807, 2.05) is 38.2 Å². The summed E-state index contributed by atoms with van der Waals surface area (Å²) in [7, 11) is 4.02. The van der Waals surface area contributed by atoms with Crippen LogP contribution in [0.5, 0.6) is 0 Å². The first-order chi connectivity index (χ1) is 10.5. The van der Waals surface area contributed by atoms with E-state index in [4.69, 9.17) is 9.98 Å². The van der Waals surface area contributed by atoms with Crippen LogP contribution in [0.1, 0.15) is 23.7 Å². The molecule has 2 aromatic rings. The Balaban J connectivity index is 2.38.